The van der Waals surface area contributed by atoms with Gasteiger partial charge < -0.3 is 9.80 Å². The molecule has 2 unspecified atom stereocenters. The molecule has 0 radical (unpaired) electrons. The molecule has 7 nitrogen and oxygen atoms in total. The van der Waals surface area contributed by atoms with Crippen LogP contribution in [0.4, 0.5) is 4.79 Å². The molecule has 2 atom stereocenters. The highest BCUT2D eigenvalue weighted by Gasteiger charge is 2.38. The summed E-state index contributed by atoms with van der Waals surface area (Å²) in [5.74, 6) is 0.224. The summed E-state index contributed by atoms with van der Waals surface area (Å²) in [6.07, 6.45) is 0.907. The second-order valence-electron chi connectivity index (χ2n) is 5.79. The highest BCUT2D eigenvalue weighted by Crippen LogP contribution is 2.22. The third-order valence-corrected chi connectivity index (χ3v) is 7.79. The van der Waals surface area contributed by atoms with Crippen LogP contribution in [0.1, 0.15) is 19.8 Å². The molecule has 0 aromatic carbocycles. The lowest BCUT2D eigenvalue weighted by Crippen LogP contribution is -2.50. The van der Waals surface area contributed by atoms with E-state index in [0.29, 0.717) is 19.4 Å². The molecule has 9 heteroatoms. The van der Waals surface area contributed by atoms with Crippen molar-refractivity contribution in [2.24, 2.45) is 0 Å². The average Bonchev–Trinajstić information content (AvgIpc) is 2.92. The van der Waals surface area contributed by atoms with Crippen LogP contribution in [-0.4, -0.2) is 81.4 Å². The zero-order chi connectivity index (χ0) is 15.8. The summed E-state index contributed by atoms with van der Waals surface area (Å²) in [6, 6.07) is -0.885. The third kappa shape index (κ3) is 3.68. The number of sulfone groups is 2. The molecular formula is C12H22N2O5S2. The molecule has 0 aromatic heterocycles. The first kappa shape index (κ1) is 16.5. The summed E-state index contributed by atoms with van der Waals surface area (Å²) in [4.78, 5) is 15.5. The molecule has 0 aliphatic carbocycles. The maximum Gasteiger partial charge on any atom is 0.320 e. The predicted octanol–water partition coefficient (Wildman–Crippen LogP) is -0.266. The van der Waals surface area contributed by atoms with Gasteiger partial charge in [0.25, 0.3) is 0 Å². The van der Waals surface area contributed by atoms with E-state index in [0.717, 1.165) is 0 Å². The van der Waals surface area contributed by atoms with E-state index in [2.05, 4.69) is 0 Å². The molecule has 2 aliphatic heterocycles. The number of hydrogen-bond donors (Lipinski definition) is 0. The summed E-state index contributed by atoms with van der Waals surface area (Å²) in [7, 11) is -4.51. The number of nitrogens with zero attached hydrogens (tertiary/aromatic N) is 2. The van der Waals surface area contributed by atoms with E-state index in [1.807, 2.05) is 6.92 Å². The highest BCUT2D eigenvalue weighted by molar-refractivity contribution is 7.91. The van der Waals surface area contributed by atoms with E-state index in [9.17, 15) is 21.6 Å². The lowest BCUT2D eigenvalue weighted by molar-refractivity contribution is 0.138. The van der Waals surface area contributed by atoms with Crippen LogP contribution in [0.3, 0.4) is 0 Å². The van der Waals surface area contributed by atoms with Crippen LogP contribution >= 0.6 is 0 Å². The normalized spacial score (nSPS) is 30.2. The molecule has 0 N–H and O–H groups in total. The molecule has 0 aromatic rings. The SMILES string of the molecule is CCN(C(=O)N(C)C1CCS(=O)(=O)C1)C1CCS(=O)(=O)C1. The van der Waals surface area contributed by atoms with E-state index < -0.39 is 19.7 Å². The number of rotatable bonds is 3. The highest BCUT2D eigenvalue weighted by atomic mass is 32.2. The van der Waals surface area contributed by atoms with Crippen LogP contribution in [0.15, 0.2) is 0 Å². The fourth-order valence-electron chi connectivity index (χ4n) is 3.01. The van der Waals surface area contributed by atoms with Gasteiger partial charge >= 0.3 is 6.03 Å². The number of carbonyl (C=O) groups excluding carboxylic acids is 1. The van der Waals surface area contributed by atoms with E-state index >= 15 is 0 Å². The minimum Gasteiger partial charge on any atom is -0.324 e. The molecule has 2 fully saturated rings. The van der Waals surface area contributed by atoms with Crippen LogP contribution in [-0.2, 0) is 19.7 Å². The summed E-state index contributed by atoms with van der Waals surface area (Å²) in [5.41, 5.74) is 0. The Morgan fingerprint density at radius 3 is 1.86 bits per heavy atom. The van der Waals surface area contributed by atoms with Crippen LogP contribution in [0, 0.1) is 0 Å². The van der Waals surface area contributed by atoms with E-state index in [1.165, 1.54) is 4.90 Å². The van der Waals surface area contributed by atoms with E-state index in [-0.39, 0.29) is 41.1 Å². The Morgan fingerprint density at radius 1 is 1.00 bits per heavy atom. The van der Waals surface area contributed by atoms with E-state index in [1.54, 1.807) is 11.9 Å². The molecule has 0 bridgehead atoms. The van der Waals surface area contributed by atoms with Gasteiger partial charge in [0.05, 0.1) is 23.0 Å². The monoisotopic (exact) mass is 338 g/mol. The molecule has 0 saturated carbocycles. The van der Waals surface area contributed by atoms with Gasteiger partial charge in [0.1, 0.15) is 0 Å². The molecule has 122 valence electrons. The first-order valence-corrected chi connectivity index (χ1v) is 10.7. The van der Waals surface area contributed by atoms with Crippen LogP contribution in [0.5, 0.6) is 0 Å². The first-order chi connectivity index (χ1) is 9.65. The lowest BCUT2D eigenvalue weighted by Gasteiger charge is -2.33. The minimum atomic E-state index is -3.06. The summed E-state index contributed by atoms with van der Waals surface area (Å²) < 4.78 is 46.2. The molecule has 2 rings (SSSR count). The average molecular weight is 338 g/mol. The number of urea groups is 1. The Hall–Kier alpha value is -0.830. The third-order valence-electron chi connectivity index (χ3n) is 4.29. The van der Waals surface area contributed by atoms with Gasteiger partial charge in [-0.25, -0.2) is 21.6 Å². The smallest absolute Gasteiger partial charge is 0.320 e. The minimum absolute atomic E-state index is 0.00336. The molecular weight excluding hydrogens is 316 g/mol. The topological polar surface area (TPSA) is 91.8 Å². The first-order valence-electron chi connectivity index (χ1n) is 7.09. The molecule has 2 heterocycles. The Labute approximate surface area is 126 Å². The van der Waals surface area contributed by atoms with Crippen LogP contribution in [0.25, 0.3) is 0 Å². The van der Waals surface area contributed by atoms with Gasteiger partial charge in [0.15, 0.2) is 19.7 Å². The molecule has 21 heavy (non-hydrogen) atoms. The largest absolute Gasteiger partial charge is 0.324 e. The van der Waals surface area contributed by atoms with Crippen molar-refractivity contribution in [1.29, 1.82) is 0 Å². The summed E-state index contributed by atoms with van der Waals surface area (Å²) in [6.45, 7) is 2.23. The van der Waals surface area contributed by atoms with Crippen molar-refractivity contribution in [2.75, 3.05) is 36.6 Å². The standard InChI is InChI=1S/C12H22N2O5S2/c1-3-14(11-5-7-21(18,19)9-11)12(15)13(2)10-4-6-20(16,17)8-10/h10-11H,3-9H2,1-2H3. The quantitative estimate of drug-likeness (QED) is 0.707. The molecule has 2 aliphatic rings. The van der Waals surface area contributed by atoms with Crippen molar-refractivity contribution >= 4 is 25.7 Å². The van der Waals surface area contributed by atoms with E-state index in [4.69, 9.17) is 0 Å². The Balaban J connectivity index is 2.07. The van der Waals surface area contributed by atoms with Crippen molar-refractivity contribution in [3.05, 3.63) is 0 Å². The maximum atomic E-state index is 12.5. The van der Waals surface area contributed by atoms with Gasteiger partial charge in [0, 0.05) is 25.7 Å². The number of carbonyl (C=O) groups is 1. The Kier molecular flexibility index (Phi) is 4.53. The summed E-state index contributed by atoms with van der Waals surface area (Å²) in [5, 5.41) is 0. The van der Waals surface area contributed by atoms with Gasteiger partial charge in [-0.1, -0.05) is 0 Å². The Bertz CT molecular complexity index is 614. The fourth-order valence-corrected chi connectivity index (χ4v) is 6.52. The van der Waals surface area contributed by atoms with Crippen molar-refractivity contribution in [2.45, 2.75) is 31.8 Å². The van der Waals surface area contributed by atoms with Crippen LogP contribution in [0.2, 0.25) is 0 Å². The molecule has 0 spiro atoms. The van der Waals surface area contributed by atoms with Crippen molar-refractivity contribution in [3.63, 3.8) is 0 Å². The van der Waals surface area contributed by atoms with Gasteiger partial charge in [-0.15, -0.1) is 0 Å². The molecule has 2 amide bonds. The van der Waals surface area contributed by atoms with Gasteiger partial charge in [-0.05, 0) is 19.8 Å². The second-order valence-corrected chi connectivity index (χ2v) is 10.3. The zero-order valence-corrected chi connectivity index (χ0v) is 14.0. The zero-order valence-electron chi connectivity index (χ0n) is 12.4. The fraction of sp³-hybridized carbons (Fsp3) is 0.917. The van der Waals surface area contributed by atoms with Gasteiger partial charge in [0.2, 0.25) is 0 Å². The predicted molar refractivity (Wildman–Crippen MR) is 79.7 cm³/mol. The number of hydrogen-bond acceptors (Lipinski definition) is 5. The second kappa shape index (κ2) is 5.75. The van der Waals surface area contributed by atoms with Crippen molar-refractivity contribution in [3.8, 4) is 0 Å². The summed E-state index contributed by atoms with van der Waals surface area (Å²) >= 11 is 0. The van der Waals surface area contributed by atoms with Gasteiger partial charge in [-0.2, -0.15) is 0 Å². The number of amides is 2. The maximum absolute atomic E-state index is 12.5. The van der Waals surface area contributed by atoms with Gasteiger partial charge in [-0.3, -0.25) is 0 Å². The van der Waals surface area contributed by atoms with Crippen molar-refractivity contribution in [1.82, 2.24) is 9.80 Å². The lowest BCUT2D eigenvalue weighted by atomic mass is 10.2. The van der Waals surface area contributed by atoms with Crippen LogP contribution < -0.4 is 0 Å². The Morgan fingerprint density at radius 2 is 1.48 bits per heavy atom. The molecule has 2 saturated heterocycles. The van der Waals surface area contributed by atoms with Crippen molar-refractivity contribution < 1.29 is 21.6 Å².